The molecule has 0 bridgehead atoms. The highest BCUT2D eigenvalue weighted by atomic mass is 15.2. The Morgan fingerprint density at radius 2 is 2.19 bits per heavy atom. The van der Waals surface area contributed by atoms with Gasteiger partial charge in [0.15, 0.2) is 0 Å². The first-order valence-corrected chi connectivity index (χ1v) is 6.24. The lowest BCUT2D eigenvalue weighted by atomic mass is 10.2. The molecule has 4 heteroatoms. The van der Waals surface area contributed by atoms with E-state index < -0.39 is 0 Å². The fourth-order valence-electron chi connectivity index (χ4n) is 2.45. The van der Waals surface area contributed by atoms with Gasteiger partial charge in [0, 0.05) is 30.9 Å². The number of nitrogens with zero attached hydrogens (tertiary/aromatic N) is 3. The summed E-state index contributed by atoms with van der Waals surface area (Å²) in [5.41, 5.74) is 6.85. The summed E-state index contributed by atoms with van der Waals surface area (Å²) in [5.74, 6) is 0. The Morgan fingerprint density at radius 1 is 1.44 bits per heavy atom. The first kappa shape index (κ1) is 11.6. The molecular weight excluding hydrogens is 200 g/mol. The smallest absolute Gasteiger partial charge is 0.0948 e. The Kier molecular flexibility index (Phi) is 3.96. The molecule has 90 valence electrons. The third kappa shape index (κ3) is 2.62. The van der Waals surface area contributed by atoms with Gasteiger partial charge in [-0.3, -0.25) is 4.90 Å². The number of imidazole rings is 1. The normalized spacial score (nSPS) is 19.1. The molecule has 1 aliphatic rings. The van der Waals surface area contributed by atoms with Gasteiger partial charge in [-0.05, 0) is 39.4 Å². The fourth-order valence-corrected chi connectivity index (χ4v) is 2.45. The molecule has 1 fully saturated rings. The van der Waals surface area contributed by atoms with Gasteiger partial charge in [-0.1, -0.05) is 0 Å². The van der Waals surface area contributed by atoms with Crippen LogP contribution >= 0.6 is 0 Å². The summed E-state index contributed by atoms with van der Waals surface area (Å²) in [6, 6.07) is 0.605. The Labute approximate surface area is 97.4 Å². The second-order valence-electron chi connectivity index (χ2n) is 4.67. The highest BCUT2D eigenvalue weighted by molar-refractivity contribution is 4.99. The Bertz CT molecular complexity index is 315. The highest BCUT2D eigenvalue weighted by Gasteiger charge is 2.18. The van der Waals surface area contributed by atoms with Crippen LogP contribution in [0.1, 0.15) is 25.5 Å². The molecule has 1 aromatic rings. The van der Waals surface area contributed by atoms with E-state index >= 15 is 0 Å². The molecule has 0 spiro atoms. The molecule has 1 atom stereocenters. The predicted octanol–water partition coefficient (Wildman–Crippen LogP) is 0.869. The summed E-state index contributed by atoms with van der Waals surface area (Å²) in [4.78, 5) is 6.77. The first-order chi connectivity index (χ1) is 7.81. The average Bonchev–Trinajstić information content (AvgIpc) is 2.90. The highest BCUT2D eigenvalue weighted by Crippen LogP contribution is 2.13. The Balaban J connectivity index is 1.94. The zero-order valence-corrected chi connectivity index (χ0v) is 10.1. The lowest BCUT2D eigenvalue weighted by molar-refractivity contribution is 0.234. The van der Waals surface area contributed by atoms with E-state index in [2.05, 4.69) is 21.4 Å². The summed E-state index contributed by atoms with van der Waals surface area (Å²) < 4.78 is 2.25. The summed E-state index contributed by atoms with van der Waals surface area (Å²) >= 11 is 0. The number of rotatable bonds is 5. The van der Waals surface area contributed by atoms with Crippen LogP contribution in [0.15, 0.2) is 12.5 Å². The van der Waals surface area contributed by atoms with Crippen molar-refractivity contribution >= 4 is 0 Å². The predicted molar refractivity (Wildman–Crippen MR) is 65.3 cm³/mol. The molecule has 0 saturated carbocycles. The molecule has 2 N–H and O–H groups in total. The number of hydrogen-bond acceptors (Lipinski definition) is 3. The van der Waals surface area contributed by atoms with E-state index in [1.807, 2.05) is 12.5 Å². The van der Waals surface area contributed by atoms with Crippen LogP contribution < -0.4 is 5.73 Å². The van der Waals surface area contributed by atoms with Crippen molar-refractivity contribution in [3.63, 3.8) is 0 Å². The maximum absolute atomic E-state index is 5.59. The molecular formula is C12H22N4. The Hall–Kier alpha value is -0.870. The number of likely N-dealkylation sites (tertiary alicyclic amines) is 1. The molecule has 0 radical (unpaired) electrons. The average molecular weight is 222 g/mol. The third-order valence-corrected chi connectivity index (χ3v) is 3.42. The van der Waals surface area contributed by atoms with Crippen LogP contribution in [0.25, 0.3) is 0 Å². The van der Waals surface area contributed by atoms with Crippen molar-refractivity contribution in [2.45, 2.75) is 38.8 Å². The number of aromatic nitrogens is 2. The van der Waals surface area contributed by atoms with Gasteiger partial charge in [-0.2, -0.15) is 0 Å². The van der Waals surface area contributed by atoms with Crippen LogP contribution in [0.4, 0.5) is 0 Å². The van der Waals surface area contributed by atoms with E-state index in [0.717, 1.165) is 13.0 Å². The minimum absolute atomic E-state index is 0.605. The van der Waals surface area contributed by atoms with Gasteiger partial charge >= 0.3 is 0 Å². The van der Waals surface area contributed by atoms with Gasteiger partial charge < -0.3 is 10.3 Å². The van der Waals surface area contributed by atoms with Crippen LogP contribution in [0, 0.1) is 0 Å². The molecule has 0 aromatic carbocycles. The fraction of sp³-hybridized carbons (Fsp3) is 0.750. The van der Waals surface area contributed by atoms with Crippen LogP contribution in [-0.4, -0.2) is 40.1 Å². The van der Waals surface area contributed by atoms with Crippen molar-refractivity contribution < 1.29 is 0 Å². The van der Waals surface area contributed by atoms with E-state index in [0.29, 0.717) is 12.6 Å². The van der Waals surface area contributed by atoms with E-state index in [9.17, 15) is 0 Å². The maximum atomic E-state index is 5.59. The van der Waals surface area contributed by atoms with Gasteiger partial charge in [0.2, 0.25) is 0 Å². The van der Waals surface area contributed by atoms with Gasteiger partial charge in [0.1, 0.15) is 0 Å². The summed E-state index contributed by atoms with van der Waals surface area (Å²) in [6.07, 6.45) is 7.49. The second-order valence-corrected chi connectivity index (χ2v) is 4.67. The quantitative estimate of drug-likeness (QED) is 0.804. The van der Waals surface area contributed by atoms with Crippen LogP contribution in [0.3, 0.4) is 0 Å². The van der Waals surface area contributed by atoms with E-state index in [1.54, 1.807) is 0 Å². The minimum Gasteiger partial charge on any atom is -0.333 e. The number of hydrogen-bond donors (Lipinski definition) is 1. The molecule has 4 nitrogen and oxygen atoms in total. The lowest BCUT2D eigenvalue weighted by Gasteiger charge is -2.24. The molecule has 1 unspecified atom stereocenters. The van der Waals surface area contributed by atoms with Crippen molar-refractivity contribution in [2.75, 3.05) is 19.6 Å². The largest absolute Gasteiger partial charge is 0.333 e. The topological polar surface area (TPSA) is 47.1 Å². The van der Waals surface area contributed by atoms with E-state index in [-0.39, 0.29) is 0 Å². The van der Waals surface area contributed by atoms with E-state index in [1.165, 1.54) is 31.6 Å². The summed E-state index contributed by atoms with van der Waals surface area (Å²) in [7, 11) is 0. The molecule has 0 aliphatic carbocycles. The van der Waals surface area contributed by atoms with Crippen LogP contribution in [0.5, 0.6) is 0 Å². The van der Waals surface area contributed by atoms with Gasteiger partial charge in [0.05, 0.1) is 6.33 Å². The first-order valence-electron chi connectivity index (χ1n) is 6.24. The van der Waals surface area contributed by atoms with Crippen molar-refractivity contribution in [2.24, 2.45) is 5.73 Å². The van der Waals surface area contributed by atoms with Crippen molar-refractivity contribution in [1.82, 2.24) is 14.5 Å². The second kappa shape index (κ2) is 5.46. The van der Waals surface area contributed by atoms with Crippen molar-refractivity contribution in [3.8, 4) is 0 Å². The Morgan fingerprint density at radius 3 is 2.88 bits per heavy atom. The maximum Gasteiger partial charge on any atom is 0.0948 e. The van der Waals surface area contributed by atoms with Crippen molar-refractivity contribution in [3.05, 3.63) is 18.2 Å². The molecule has 1 aliphatic heterocycles. The van der Waals surface area contributed by atoms with Gasteiger partial charge in [-0.15, -0.1) is 0 Å². The molecule has 16 heavy (non-hydrogen) atoms. The zero-order valence-electron chi connectivity index (χ0n) is 10.1. The van der Waals surface area contributed by atoms with Crippen molar-refractivity contribution in [1.29, 1.82) is 0 Å². The standard InChI is InChI=1S/C12H22N4/c1-11(15-6-2-3-7-15)9-16-10-14-8-12(16)4-5-13/h8,10-11H,2-7,9,13H2,1H3. The zero-order chi connectivity index (χ0) is 11.4. The molecule has 2 heterocycles. The van der Waals surface area contributed by atoms with E-state index in [4.69, 9.17) is 5.73 Å². The minimum atomic E-state index is 0.605. The molecule has 2 rings (SSSR count). The summed E-state index contributed by atoms with van der Waals surface area (Å²) in [5, 5.41) is 0. The van der Waals surface area contributed by atoms with Gasteiger partial charge in [-0.25, -0.2) is 4.98 Å². The lowest BCUT2D eigenvalue weighted by Crippen LogP contribution is -2.34. The summed E-state index contributed by atoms with van der Waals surface area (Å²) in [6.45, 7) is 6.54. The van der Waals surface area contributed by atoms with Crippen LogP contribution in [-0.2, 0) is 13.0 Å². The molecule has 0 amide bonds. The number of nitrogens with two attached hydrogens (primary N) is 1. The SMILES string of the molecule is CC(Cn1cncc1CCN)N1CCCC1. The monoisotopic (exact) mass is 222 g/mol. The third-order valence-electron chi connectivity index (χ3n) is 3.42. The van der Waals surface area contributed by atoms with Gasteiger partial charge in [0.25, 0.3) is 0 Å². The van der Waals surface area contributed by atoms with Crippen LogP contribution in [0.2, 0.25) is 0 Å². The molecule has 1 saturated heterocycles. The molecule has 1 aromatic heterocycles.